The molecule has 0 heterocycles. The summed E-state index contributed by atoms with van der Waals surface area (Å²) in [6.45, 7) is 6.85. The number of nitrogens with two attached hydrogens (primary N) is 1. The Hall–Kier alpha value is -1.58. The van der Waals surface area contributed by atoms with Crippen LogP contribution < -0.4 is 5.73 Å². The Morgan fingerprint density at radius 1 is 1.38 bits per heavy atom. The molecule has 0 aliphatic carbocycles. The molecule has 1 rings (SSSR count). The Morgan fingerprint density at radius 3 is 2.38 bits per heavy atom. The van der Waals surface area contributed by atoms with Gasteiger partial charge in [0, 0.05) is 5.69 Å². The van der Waals surface area contributed by atoms with Crippen LogP contribution in [0.3, 0.4) is 0 Å². The summed E-state index contributed by atoms with van der Waals surface area (Å²) < 4.78 is 18.6. The second-order valence-electron chi connectivity index (χ2n) is 4.71. The van der Waals surface area contributed by atoms with E-state index in [0.717, 1.165) is 0 Å². The van der Waals surface area contributed by atoms with E-state index in [1.807, 2.05) is 0 Å². The number of nitrogen functional groups attached to an aromatic ring is 1. The van der Waals surface area contributed by atoms with Crippen LogP contribution in [-0.4, -0.2) is 11.6 Å². The number of hydrogen-bond donors (Lipinski definition) is 1. The first-order valence-corrected chi connectivity index (χ1v) is 4.99. The van der Waals surface area contributed by atoms with Crippen molar-refractivity contribution in [2.45, 2.75) is 33.3 Å². The van der Waals surface area contributed by atoms with E-state index in [9.17, 15) is 9.18 Å². The van der Waals surface area contributed by atoms with Crippen LogP contribution in [0.5, 0.6) is 0 Å². The highest BCUT2D eigenvalue weighted by molar-refractivity contribution is 5.95. The molecule has 0 radical (unpaired) electrons. The van der Waals surface area contributed by atoms with Crippen molar-refractivity contribution in [1.29, 1.82) is 0 Å². The van der Waals surface area contributed by atoms with Crippen LogP contribution >= 0.6 is 0 Å². The topological polar surface area (TPSA) is 52.3 Å². The lowest BCUT2D eigenvalue weighted by atomic mass is 10.1. The van der Waals surface area contributed by atoms with Crippen molar-refractivity contribution < 1.29 is 13.9 Å². The maximum atomic E-state index is 13.6. The number of anilines is 1. The summed E-state index contributed by atoms with van der Waals surface area (Å²) in [6.07, 6.45) is 0. The molecule has 1 aromatic rings. The standard InChI is InChI=1S/C12H16FNO2/c1-7-5-8(13)10(9(14)6-7)11(15)16-12(2,3)4/h5-6H,14H2,1-4H3. The quantitative estimate of drug-likeness (QED) is 0.590. The lowest BCUT2D eigenvalue weighted by Crippen LogP contribution is -2.25. The van der Waals surface area contributed by atoms with E-state index in [1.54, 1.807) is 33.8 Å². The molecule has 0 spiro atoms. The number of carbonyl (C=O) groups is 1. The Labute approximate surface area is 94.4 Å². The summed E-state index contributed by atoms with van der Waals surface area (Å²) in [5.74, 6) is -1.38. The number of halogens is 1. The van der Waals surface area contributed by atoms with Crippen molar-refractivity contribution in [3.63, 3.8) is 0 Å². The van der Waals surface area contributed by atoms with E-state index in [1.165, 1.54) is 6.07 Å². The number of ether oxygens (including phenoxy) is 1. The van der Waals surface area contributed by atoms with Crippen LogP contribution in [0.4, 0.5) is 10.1 Å². The van der Waals surface area contributed by atoms with Gasteiger partial charge in [-0.05, 0) is 45.4 Å². The molecule has 0 fully saturated rings. The summed E-state index contributed by atoms with van der Waals surface area (Å²) in [7, 11) is 0. The van der Waals surface area contributed by atoms with E-state index in [2.05, 4.69) is 0 Å². The molecule has 4 heteroatoms. The van der Waals surface area contributed by atoms with Gasteiger partial charge in [0.2, 0.25) is 0 Å². The maximum absolute atomic E-state index is 13.6. The molecule has 0 aliphatic rings. The maximum Gasteiger partial charge on any atom is 0.343 e. The minimum Gasteiger partial charge on any atom is -0.456 e. The second-order valence-corrected chi connectivity index (χ2v) is 4.71. The zero-order valence-corrected chi connectivity index (χ0v) is 9.93. The van der Waals surface area contributed by atoms with Crippen molar-refractivity contribution >= 4 is 11.7 Å². The summed E-state index contributed by atoms with van der Waals surface area (Å²) in [5, 5.41) is 0. The van der Waals surface area contributed by atoms with Crippen molar-refractivity contribution in [2.75, 3.05) is 5.73 Å². The normalized spacial score (nSPS) is 11.3. The molecule has 0 aromatic heterocycles. The summed E-state index contributed by atoms with van der Waals surface area (Å²) >= 11 is 0. The fourth-order valence-corrected chi connectivity index (χ4v) is 1.31. The monoisotopic (exact) mass is 225 g/mol. The fraction of sp³-hybridized carbons (Fsp3) is 0.417. The van der Waals surface area contributed by atoms with Gasteiger partial charge in [-0.2, -0.15) is 0 Å². The first-order valence-electron chi connectivity index (χ1n) is 4.99. The van der Waals surface area contributed by atoms with Crippen LogP contribution in [0.15, 0.2) is 12.1 Å². The lowest BCUT2D eigenvalue weighted by molar-refractivity contribution is 0.00661. The number of benzene rings is 1. The molecular formula is C12H16FNO2. The third kappa shape index (κ3) is 2.95. The predicted octanol–water partition coefficient (Wildman–Crippen LogP) is 2.67. The first-order chi connectivity index (χ1) is 7.20. The minimum absolute atomic E-state index is 0.103. The van der Waals surface area contributed by atoms with E-state index in [0.29, 0.717) is 5.56 Å². The Kier molecular flexibility index (Phi) is 3.21. The zero-order valence-electron chi connectivity index (χ0n) is 9.93. The number of esters is 1. The van der Waals surface area contributed by atoms with Gasteiger partial charge in [-0.3, -0.25) is 0 Å². The molecule has 1 aromatic carbocycles. The Bertz CT molecular complexity index is 399. The molecule has 88 valence electrons. The first kappa shape index (κ1) is 12.5. The van der Waals surface area contributed by atoms with Crippen molar-refractivity contribution in [1.82, 2.24) is 0 Å². The predicted molar refractivity (Wildman–Crippen MR) is 60.7 cm³/mol. The number of hydrogen-bond acceptors (Lipinski definition) is 3. The highest BCUT2D eigenvalue weighted by Crippen LogP contribution is 2.21. The molecule has 0 saturated heterocycles. The van der Waals surface area contributed by atoms with Crippen molar-refractivity contribution in [3.05, 3.63) is 29.1 Å². The fourth-order valence-electron chi connectivity index (χ4n) is 1.31. The highest BCUT2D eigenvalue weighted by atomic mass is 19.1. The molecule has 0 unspecified atom stereocenters. The van der Waals surface area contributed by atoms with Gasteiger partial charge in [0.1, 0.15) is 17.0 Å². The largest absolute Gasteiger partial charge is 0.456 e. The van der Waals surface area contributed by atoms with Gasteiger partial charge in [-0.25, -0.2) is 9.18 Å². The van der Waals surface area contributed by atoms with Crippen LogP contribution in [0.2, 0.25) is 0 Å². The van der Waals surface area contributed by atoms with Gasteiger partial charge in [0.05, 0.1) is 0 Å². The average Bonchev–Trinajstić information content (AvgIpc) is 1.96. The molecule has 16 heavy (non-hydrogen) atoms. The smallest absolute Gasteiger partial charge is 0.343 e. The van der Waals surface area contributed by atoms with E-state index < -0.39 is 17.4 Å². The zero-order chi connectivity index (χ0) is 12.5. The number of rotatable bonds is 1. The van der Waals surface area contributed by atoms with Gasteiger partial charge >= 0.3 is 5.97 Å². The molecule has 0 bridgehead atoms. The summed E-state index contributed by atoms with van der Waals surface area (Å²) in [5.41, 5.74) is 5.51. The molecule has 0 atom stereocenters. The summed E-state index contributed by atoms with van der Waals surface area (Å²) in [4.78, 5) is 11.7. The lowest BCUT2D eigenvalue weighted by Gasteiger charge is -2.20. The molecule has 0 saturated carbocycles. The van der Waals surface area contributed by atoms with Crippen LogP contribution in [0, 0.1) is 12.7 Å². The second kappa shape index (κ2) is 4.12. The molecule has 2 N–H and O–H groups in total. The number of carbonyl (C=O) groups excluding carboxylic acids is 1. The van der Waals surface area contributed by atoms with Crippen molar-refractivity contribution in [3.8, 4) is 0 Å². The third-order valence-electron chi connectivity index (χ3n) is 1.87. The van der Waals surface area contributed by atoms with E-state index in [-0.39, 0.29) is 11.3 Å². The van der Waals surface area contributed by atoms with Crippen LogP contribution in [-0.2, 0) is 4.74 Å². The Balaban J connectivity index is 3.10. The summed E-state index contributed by atoms with van der Waals surface area (Å²) in [6, 6.07) is 2.80. The molecule has 0 aliphatic heterocycles. The van der Waals surface area contributed by atoms with E-state index in [4.69, 9.17) is 10.5 Å². The average molecular weight is 225 g/mol. The minimum atomic E-state index is -0.734. The number of aryl methyl sites for hydroxylation is 1. The van der Waals surface area contributed by atoms with Gasteiger partial charge in [-0.1, -0.05) is 0 Å². The SMILES string of the molecule is Cc1cc(N)c(C(=O)OC(C)(C)C)c(F)c1. The van der Waals surface area contributed by atoms with Crippen LogP contribution in [0.25, 0.3) is 0 Å². The third-order valence-corrected chi connectivity index (χ3v) is 1.87. The van der Waals surface area contributed by atoms with Crippen LogP contribution in [0.1, 0.15) is 36.7 Å². The van der Waals surface area contributed by atoms with Gasteiger partial charge in [0.15, 0.2) is 0 Å². The van der Waals surface area contributed by atoms with Gasteiger partial charge < -0.3 is 10.5 Å². The molecular weight excluding hydrogens is 209 g/mol. The molecule has 3 nitrogen and oxygen atoms in total. The highest BCUT2D eigenvalue weighted by Gasteiger charge is 2.23. The van der Waals surface area contributed by atoms with Gasteiger partial charge in [0.25, 0.3) is 0 Å². The Morgan fingerprint density at radius 2 is 1.94 bits per heavy atom. The van der Waals surface area contributed by atoms with Crippen molar-refractivity contribution in [2.24, 2.45) is 0 Å². The molecule has 0 amide bonds. The van der Waals surface area contributed by atoms with E-state index >= 15 is 0 Å². The van der Waals surface area contributed by atoms with Gasteiger partial charge in [-0.15, -0.1) is 0 Å².